The van der Waals surface area contributed by atoms with Gasteiger partial charge in [0, 0.05) is 0 Å². The molecule has 1 aromatic rings. The van der Waals surface area contributed by atoms with Gasteiger partial charge in [0.15, 0.2) is 17.7 Å². The molecule has 0 radical (unpaired) electrons. The molecular formula is C17H20ClFO5. The fourth-order valence-electron chi connectivity index (χ4n) is 2.43. The zero-order valence-electron chi connectivity index (χ0n) is 13.9. The van der Waals surface area contributed by atoms with Gasteiger partial charge in [-0.05, 0) is 26.8 Å². The largest absolute Gasteiger partial charge is 0.478 e. The third-order valence-electron chi connectivity index (χ3n) is 3.65. The topological polar surface area (TPSA) is 54.0 Å². The van der Waals surface area contributed by atoms with Gasteiger partial charge in [-0.1, -0.05) is 24.3 Å². The molecule has 0 spiro atoms. The average Bonchev–Trinajstić information content (AvgIpc) is 2.98. The molecule has 1 aliphatic heterocycles. The molecule has 1 heterocycles. The first kappa shape index (κ1) is 18.7. The second-order valence-electron chi connectivity index (χ2n) is 5.32. The molecule has 1 unspecified atom stereocenters. The zero-order valence-corrected chi connectivity index (χ0v) is 14.6. The van der Waals surface area contributed by atoms with Crippen molar-refractivity contribution in [3.8, 4) is 5.75 Å². The number of halogens is 2. The van der Waals surface area contributed by atoms with Gasteiger partial charge < -0.3 is 18.9 Å². The van der Waals surface area contributed by atoms with Crippen LogP contribution in [0, 0.1) is 5.82 Å². The fraction of sp³-hybridized carbons (Fsp3) is 0.471. The molecule has 1 aromatic carbocycles. The first-order chi connectivity index (χ1) is 11.3. The van der Waals surface area contributed by atoms with Crippen molar-refractivity contribution >= 4 is 23.6 Å². The highest BCUT2D eigenvalue weighted by molar-refractivity contribution is 6.31. The van der Waals surface area contributed by atoms with Crippen LogP contribution in [-0.4, -0.2) is 31.9 Å². The Hall–Kier alpha value is -1.63. The molecule has 1 fully saturated rings. The van der Waals surface area contributed by atoms with E-state index >= 15 is 0 Å². The van der Waals surface area contributed by atoms with Crippen LogP contribution >= 0.6 is 11.6 Å². The van der Waals surface area contributed by atoms with E-state index in [0.717, 1.165) is 0 Å². The maximum absolute atomic E-state index is 14.4. The molecule has 0 saturated carbocycles. The molecule has 0 amide bonds. The van der Waals surface area contributed by atoms with Crippen LogP contribution in [0.25, 0.3) is 6.08 Å². The summed E-state index contributed by atoms with van der Waals surface area (Å²) in [5, 5.41) is -0.114. The lowest BCUT2D eigenvalue weighted by Gasteiger charge is -2.28. The minimum atomic E-state index is -1.15. The van der Waals surface area contributed by atoms with Crippen LogP contribution in [0.1, 0.15) is 31.9 Å². The van der Waals surface area contributed by atoms with Gasteiger partial charge in [0.1, 0.15) is 5.75 Å². The summed E-state index contributed by atoms with van der Waals surface area (Å²) in [6, 6.07) is 1.38. The van der Waals surface area contributed by atoms with Crippen molar-refractivity contribution in [3.05, 3.63) is 34.6 Å². The lowest BCUT2D eigenvalue weighted by Crippen LogP contribution is -2.30. The van der Waals surface area contributed by atoms with Crippen molar-refractivity contribution in [1.82, 2.24) is 0 Å². The van der Waals surface area contributed by atoms with Crippen molar-refractivity contribution in [2.45, 2.75) is 32.7 Å². The van der Waals surface area contributed by atoms with Crippen molar-refractivity contribution in [2.75, 3.05) is 19.8 Å². The number of esters is 1. The summed E-state index contributed by atoms with van der Waals surface area (Å²) < 4.78 is 36.2. The molecule has 1 atom stereocenters. The molecule has 0 aromatic heterocycles. The van der Waals surface area contributed by atoms with Crippen LogP contribution in [-0.2, 0) is 24.8 Å². The summed E-state index contributed by atoms with van der Waals surface area (Å²) >= 11 is 5.98. The Morgan fingerprint density at radius 2 is 2.17 bits per heavy atom. The van der Waals surface area contributed by atoms with Crippen molar-refractivity contribution in [2.24, 2.45) is 0 Å². The van der Waals surface area contributed by atoms with Crippen LogP contribution in [0.15, 0.2) is 12.6 Å². The highest BCUT2D eigenvalue weighted by Crippen LogP contribution is 2.42. The van der Waals surface area contributed by atoms with Crippen LogP contribution in [0.3, 0.4) is 0 Å². The van der Waals surface area contributed by atoms with E-state index in [4.69, 9.17) is 30.5 Å². The Balaban J connectivity index is 2.52. The number of carbonyl (C=O) groups is 1. The van der Waals surface area contributed by atoms with Gasteiger partial charge in [-0.25, -0.2) is 9.18 Å². The maximum atomic E-state index is 14.4. The molecule has 7 heteroatoms. The smallest absolute Gasteiger partial charge is 0.347 e. The minimum absolute atomic E-state index is 0.0361. The summed E-state index contributed by atoms with van der Waals surface area (Å²) in [5.74, 6) is -2.31. The van der Waals surface area contributed by atoms with Crippen molar-refractivity contribution < 1.29 is 28.1 Å². The summed E-state index contributed by atoms with van der Waals surface area (Å²) in [4.78, 5) is 11.9. The van der Waals surface area contributed by atoms with Gasteiger partial charge in [0.05, 0.1) is 36.0 Å². The Morgan fingerprint density at radius 3 is 2.71 bits per heavy atom. The monoisotopic (exact) mass is 358 g/mol. The van der Waals surface area contributed by atoms with E-state index in [9.17, 15) is 9.18 Å². The molecule has 2 rings (SSSR count). The SMILES string of the molecule is C=Cc1c(F)c(Cl)cc(C2(C)OCCO2)c1OC(C)C(=O)OCC. The first-order valence-corrected chi connectivity index (χ1v) is 7.98. The number of benzene rings is 1. The maximum Gasteiger partial charge on any atom is 0.347 e. The molecular weight excluding hydrogens is 339 g/mol. The van der Waals surface area contributed by atoms with E-state index in [1.54, 1.807) is 13.8 Å². The quantitative estimate of drug-likeness (QED) is 0.726. The van der Waals surface area contributed by atoms with Crippen LogP contribution in [0.2, 0.25) is 5.02 Å². The summed E-state index contributed by atoms with van der Waals surface area (Å²) in [6.07, 6.45) is 0.323. The number of rotatable bonds is 6. The second-order valence-corrected chi connectivity index (χ2v) is 5.73. The molecule has 0 bridgehead atoms. The third-order valence-corrected chi connectivity index (χ3v) is 3.93. The van der Waals surface area contributed by atoms with E-state index in [2.05, 4.69) is 6.58 Å². The molecule has 5 nitrogen and oxygen atoms in total. The van der Waals surface area contributed by atoms with Gasteiger partial charge in [0.2, 0.25) is 0 Å². The Morgan fingerprint density at radius 1 is 1.54 bits per heavy atom. The normalized spacial score (nSPS) is 17.4. The molecule has 132 valence electrons. The predicted molar refractivity (Wildman–Crippen MR) is 87.5 cm³/mol. The Kier molecular flexibility index (Phi) is 5.85. The van der Waals surface area contributed by atoms with Crippen molar-refractivity contribution in [1.29, 1.82) is 0 Å². The molecule has 0 aliphatic carbocycles. The minimum Gasteiger partial charge on any atom is -0.478 e. The van der Waals surface area contributed by atoms with Crippen molar-refractivity contribution in [3.63, 3.8) is 0 Å². The Bertz CT molecular complexity index is 640. The molecule has 1 aliphatic rings. The van der Waals surface area contributed by atoms with E-state index in [1.807, 2.05) is 0 Å². The van der Waals surface area contributed by atoms with Gasteiger partial charge in [-0.2, -0.15) is 0 Å². The molecule has 1 saturated heterocycles. The van der Waals surface area contributed by atoms with E-state index in [-0.39, 0.29) is 22.9 Å². The number of carbonyl (C=O) groups excluding carboxylic acids is 1. The van der Waals surface area contributed by atoms with Gasteiger partial charge in [-0.3, -0.25) is 0 Å². The second kappa shape index (κ2) is 7.51. The summed E-state index contributed by atoms with van der Waals surface area (Å²) in [7, 11) is 0. The highest BCUT2D eigenvalue weighted by atomic mass is 35.5. The highest BCUT2D eigenvalue weighted by Gasteiger charge is 2.38. The van der Waals surface area contributed by atoms with Gasteiger partial charge in [0.25, 0.3) is 0 Å². The number of hydrogen-bond acceptors (Lipinski definition) is 5. The molecule has 24 heavy (non-hydrogen) atoms. The average molecular weight is 359 g/mol. The standard InChI is InChI=1S/C17H20ClFO5/c1-5-11-14(19)13(18)9-12(17(4)22-7-8-23-17)15(11)24-10(3)16(20)21-6-2/h5,9-10H,1,6-8H2,2-4H3. The van der Waals surface area contributed by atoms with E-state index in [1.165, 1.54) is 19.1 Å². The van der Waals surface area contributed by atoms with Gasteiger partial charge in [-0.15, -0.1) is 0 Å². The van der Waals surface area contributed by atoms with Gasteiger partial charge >= 0.3 is 5.97 Å². The summed E-state index contributed by atoms with van der Waals surface area (Å²) in [6.45, 7) is 9.45. The first-order valence-electron chi connectivity index (χ1n) is 7.60. The van der Waals surface area contributed by atoms with Crippen LogP contribution in [0.5, 0.6) is 5.75 Å². The number of ether oxygens (including phenoxy) is 4. The Labute approximate surface area is 145 Å². The third kappa shape index (κ3) is 3.55. The lowest BCUT2D eigenvalue weighted by molar-refractivity contribution is -0.155. The summed E-state index contributed by atoms with van der Waals surface area (Å²) in [5.41, 5.74) is 0.423. The van der Waals surface area contributed by atoms with Crippen LogP contribution in [0.4, 0.5) is 4.39 Å². The lowest BCUT2D eigenvalue weighted by atomic mass is 10.0. The fourth-order valence-corrected chi connectivity index (χ4v) is 2.64. The van der Waals surface area contributed by atoms with Crippen LogP contribution < -0.4 is 4.74 Å². The molecule has 0 N–H and O–H groups in total. The van der Waals surface area contributed by atoms with E-state index < -0.39 is 23.7 Å². The zero-order chi connectivity index (χ0) is 17.9. The predicted octanol–water partition coefficient (Wildman–Crippen LogP) is 3.67. The van der Waals surface area contributed by atoms with E-state index in [0.29, 0.717) is 18.8 Å². The number of hydrogen-bond donors (Lipinski definition) is 0.